The van der Waals surface area contributed by atoms with Gasteiger partial charge in [0.05, 0.1) is 22.1 Å². The van der Waals surface area contributed by atoms with Crippen LogP contribution in [0, 0.1) is 6.92 Å². The van der Waals surface area contributed by atoms with Crippen molar-refractivity contribution in [2.45, 2.75) is 45.4 Å². The highest BCUT2D eigenvalue weighted by molar-refractivity contribution is 6.11. The van der Waals surface area contributed by atoms with Crippen molar-refractivity contribution in [3.05, 3.63) is 251 Å². The lowest BCUT2D eigenvalue weighted by Gasteiger charge is -2.24. The maximum Gasteiger partial charge on any atom is 0.0541 e. The van der Waals surface area contributed by atoms with Crippen LogP contribution in [0.3, 0.4) is 0 Å². The Morgan fingerprint density at radius 1 is 0.310 bits per heavy atom. The van der Waals surface area contributed by atoms with Gasteiger partial charge in [-0.2, -0.15) is 0 Å². The van der Waals surface area contributed by atoms with E-state index in [0.29, 0.717) is 0 Å². The SMILES string of the molecule is Cc1ccc(-n2c3ccccc3c3cc(-c4ccc5c(c4)C(C)(C)c4cc6c(cc4-5)C(C)(C)c4cc(-c5ccc(/C=C/c7ccc8c(c7)c7ccccc7n8-c7ccccc7)cc5)ccc4-6)ccc32)cc1. The quantitative estimate of drug-likeness (QED) is 0.147. The van der Waals surface area contributed by atoms with E-state index in [-0.39, 0.29) is 10.8 Å². The first-order valence-electron chi connectivity index (χ1n) is 25.1. The maximum atomic E-state index is 2.53. The topological polar surface area (TPSA) is 9.86 Å². The summed E-state index contributed by atoms with van der Waals surface area (Å²) in [5.41, 5.74) is 26.7. The van der Waals surface area contributed by atoms with Gasteiger partial charge in [-0.3, -0.25) is 0 Å². The van der Waals surface area contributed by atoms with Gasteiger partial charge in [0.15, 0.2) is 0 Å². The third-order valence-corrected chi connectivity index (χ3v) is 16.2. The minimum absolute atomic E-state index is 0.146. The highest BCUT2D eigenvalue weighted by Crippen LogP contribution is 2.57. The molecule has 2 heteroatoms. The Morgan fingerprint density at radius 2 is 0.732 bits per heavy atom. The molecule has 0 radical (unpaired) electrons. The van der Waals surface area contributed by atoms with Gasteiger partial charge in [-0.1, -0.05) is 173 Å². The fourth-order valence-corrected chi connectivity index (χ4v) is 12.4. The summed E-state index contributed by atoms with van der Waals surface area (Å²) in [5.74, 6) is 0. The molecule has 0 atom stereocenters. The van der Waals surface area contributed by atoms with Gasteiger partial charge in [-0.15, -0.1) is 0 Å². The number of hydrogen-bond acceptors (Lipinski definition) is 0. The van der Waals surface area contributed by atoms with E-state index in [1.807, 2.05) is 0 Å². The molecule has 0 bridgehead atoms. The number of aromatic nitrogens is 2. The first-order valence-corrected chi connectivity index (χ1v) is 25.1. The molecule has 0 amide bonds. The Morgan fingerprint density at radius 3 is 1.34 bits per heavy atom. The molecule has 0 spiro atoms. The standard InChI is InChI=1S/C69H52N2/c1-43-19-31-51(32-20-43)71-65-18-12-10-16-55(65)59-38-47(30-36-67(59)71)49-29-34-53-57-42-62-56(41-63(57)69(4,5)61(53)40-49)52-33-28-48(39-60(52)68(62,2)3)46-26-23-44(24-27-46)21-22-45-25-35-66-58(37-45)54-15-9-11-17-64(54)70(66)50-13-7-6-8-14-50/h6-42H,1-5H3/b22-21+. The average Bonchev–Trinajstić information content (AvgIpc) is 4.06. The van der Waals surface area contributed by atoms with Gasteiger partial charge >= 0.3 is 0 Å². The molecule has 0 saturated carbocycles. The first-order chi connectivity index (χ1) is 34.6. The summed E-state index contributed by atoms with van der Waals surface area (Å²) in [6, 6.07) is 79.4. The third-order valence-electron chi connectivity index (χ3n) is 16.2. The van der Waals surface area contributed by atoms with Crippen molar-refractivity contribution in [1.29, 1.82) is 0 Å². The van der Waals surface area contributed by atoms with Crippen LogP contribution in [-0.4, -0.2) is 9.13 Å². The van der Waals surface area contributed by atoms with Gasteiger partial charge in [0.25, 0.3) is 0 Å². The minimum Gasteiger partial charge on any atom is -0.309 e. The number of aryl methyl sites for hydroxylation is 1. The highest BCUT2D eigenvalue weighted by Gasteiger charge is 2.42. The zero-order valence-electron chi connectivity index (χ0n) is 40.8. The lowest BCUT2D eigenvalue weighted by molar-refractivity contribution is 0.652. The maximum absolute atomic E-state index is 2.53. The number of rotatable bonds is 6. The molecule has 0 aliphatic heterocycles. The monoisotopic (exact) mass is 908 g/mol. The molecule has 2 heterocycles. The second-order valence-electron chi connectivity index (χ2n) is 21.1. The van der Waals surface area contributed by atoms with E-state index in [2.05, 4.69) is 268 Å². The minimum atomic E-state index is -0.153. The summed E-state index contributed by atoms with van der Waals surface area (Å²) in [4.78, 5) is 0. The summed E-state index contributed by atoms with van der Waals surface area (Å²) >= 11 is 0. The molecule has 0 fully saturated rings. The molecule has 338 valence electrons. The van der Waals surface area contributed by atoms with Crippen molar-refractivity contribution in [3.8, 4) is 55.9 Å². The number of nitrogens with zero attached hydrogens (tertiary/aromatic N) is 2. The predicted octanol–water partition coefficient (Wildman–Crippen LogP) is 18.3. The van der Waals surface area contributed by atoms with Crippen LogP contribution in [0.5, 0.6) is 0 Å². The van der Waals surface area contributed by atoms with Crippen molar-refractivity contribution in [2.24, 2.45) is 0 Å². The Labute approximate surface area is 415 Å². The van der Waals surface area contributed by atoms with Crippen LogP contribution in [0.4, 0.5) is 0 Å². The van der Waals surface area contributed by atoms with Gasteiger partial charge in [-0.05, 0) is 170 Å². The van der Waals surface area contributed by atoms with E-state index in [1.165, 1.54) is 138 Å². The largest absolute Gasteiger partial charge is 0.309 e. The van der Waals surface area contributed by atoms with Crippen molar-refractivity contribution in [1.82, 2.24) is 9.13 Å². The molecule has 2 nitrogen and oxygen atoms in total. The molecule has 71 heavy (non-hydrogen) atoms. The van der Waals surface area contributed by atoms with E-state index >= 15 is 0 Å². The van der Waals surface area contributed by atoms with Crippen LogP contribution in [0.15, 0.2) is 212 Å². The molecule has 2 aromatic heterocycles. The first kappa shape index (κ1) is 41.5. The van der Waals surface area contributed by atoms with Crippen LogP contribution in [0.2, 0.25) is 0 Å². The van der Waals surface area contributed by atoms with Crippen LogP contribution < -0.4 is 0 Å². The summed E-state index contributed by atoms with van der Waals surface area (Å²) in [6.07, 6.45) is 4.47. The van der Waals surface area contributed by atoms with Crippen molar-refractivity contribution in [2.75, 3.05) is 0 Å². The second kappa shape index (κ2) is 15.3. The molecular formula is C69H52N2. The molecule has 2 aliphatic rings. The lowest BCUT2D eigenvalue weighted by Crippen LogP contribution is -2.17. The molecule has 2 aliphatic carbocycles. The molecule has 0 saturated heterocycles. The van der Waals surface area contributed by atoms with Crippen molar-refractivity contribution >= 4 is 55.8 Å². The Hall–Kier alpha value is -8.46. The van der Waals surface area contributed by atoms with Gasteiger partial charge in [0.1, 0.15) is 0 Å². The van der Waals surface area contributed by atoms with Gasteiger partial charge < -0.3 is 9.13 Å². The Bertz CT molecular complexity index is 4190. The zero-order chi connectivity index (χ0) is 47.8. The Balaban J connectivity index is 0.749. The highest BCUT2D eigenvalue weighted by atomic mass is 15.0. The van der Waals surface area contributed by atoms with Gasteiger partial charge in [0, 0.05) is 43.7 Å². The fraction of sp³-hybridized carbons (Fsp3) is 0.101. The normalized spacial score (nSPS) is 14.2. The fourth-order valence-electron chi connectivity index (χ4n) is 12.4. The molecule has 12 aromatic rings. The van der Waals surface area contributed by atoms with Gasteiger partial charge in [-0.25, -0.2) is 0 Å². The molecular weight excluding hydrogens is 857 g/mol. The predicted molar refractivity (Wildman–Crippen MR) is 301 cm³/mol. The number of benzene rings is 10. The van der Waals surface area contributed by atoms with E-state index in [0.717, 1.165) is 0 Å². The molecule has 10 aromatic carbocycles. The van der Waals surface area contributed by atoms with E-state index in [4.69, 9.17) is 0 Å². The molecule has 0 unspecified atom stereocenters. The molecule has 0 N–H and O–H groups in total. The van der Waals surface area contributed by atoms with Gasteiger partial charge in [0.2, 0.25) is 0 Å². The second-order valence-corrected chi connectivity index (χ2v) is 21.1. The van der Waals surface area contributed by atoms with Crippen LogP contribution >= 0.6 is 0 Å². The summed E-state index contributed by atoms with van der Waals surface area (Å²) in [7, 11) is 0. The average molecular weight is 909 g/mol. The van der Waals surface area contributed by atoms with Crippen molar-refractivity contribution < 1.29 is 0 Å². The van der Waals surface area contributed by atoms with E-state index in [9.17, 15) is 0 Å². The summed E-state index contributed by atoms with van der Waals surface area (Å²) < 4.78 is 4.77. The lowest BCUT2D eigenvalue weighted by atomic mass is 9.79. The number of fused-ring (bicyclic) bond motifs is 12. The molecule has 14 rings (SSSR count). The zero-order valence-corrected chi connectivity index (χ0v) is 40.8. The van der Waals surface area contributed by atoms with Crippen LogP contribution in [0.25, 0.3) is 112 Å². The summed E-state index contributed by atoms with van der Waals surface area (Å²) in [5, 5.41) is 5.09. The number of para-hydroxylation sites is 3. The smallest absolute Gasteiger partial charge is 0.0541 e. The summed E-state index contributed by atoms with van der Waals surface area (Å²) in [6.45, 7) is 11.8. The Kier molecular flexibility index (Phi) is 8.93. The van der Waals surface area contributed by atoms with E-state index in [1.54, 1.807) is 0 Å². The number of hydrogen-bond donors (Lipinski definition) is 0. The van der Waals surface area contributed by atoms with Crippen LogP contribution in [-0.2, 0) is 10.8 Å². The van der Waals surface area contributed by atoms with Crippen molar-refractivity contribution in [3.63, 3.8) is 0 Å². The van der Waals surface area contributed by atoms with Crippen LogP contribution in [0.1, 0.15) is 66.6 Å². The van der Waals surface area contributed by atoms with E-state index < -0.39 is 0 Å². The third kappa shape index (κ3) is 6.27.